The van der Waals surface area contributed by atoms with E-state index in [4.69, 9.17) is 0 Å². The van der Waals surface area contributed by atoms with Crippen LogP contribution in [0.2, 0.25) is 0 Å². The molecule has 3 N–H and O–H groups in total. The summed E-state index contributed by atoms with van der Waals surface area (Å²) in [7, 11) is 1.67. The van der Waals surface area contributed by atoms with E-state index in [1.165, 1.54) is 0 Å². The van der Waals surface area contributed by atoms with Crippen LogP contribution in [0.3, 0.4) is 0 Å². The minimum Gasteiger partial charge on any atom is -0.353 e. The van der Waals surface area contributed by atoms with Gasteiger partial charge in [0.25, 0.3) is 0 Å². The summed E-state index contributed by atoms with van der Waals surface area (Å²) >= 11 is 3.33. The summed E-state index contributed by atoms with van der Waals surface area (Å²) in [4.78, 5) is 36.8. The number of anilines is 1. The number of rotatable bonds is 8. The predicted molar refractivity (Wildman–Crippen MR) is 96.6 cm³/mol. The van der Waals surface area contributed by atoms with E-state index in [-0.39, 0.29) is 43.4 Å². The van der Waals surface area contributed by atoms with Gasteiger partial charge >= 0.3 is 0 Å². The van der Waals surface area contributed by atoms with Gasteiger partial charge in [-0.3, -0.25) is 19.3 Å². The highest BCUT2D eigenvalue weighted by Crippen LogP contribution is 2.20. The van der Waals surface area contributed by atoms with Crippen LogP contribution in [-0.2, 0) is 14.4 Å². The first-order valence-corrected chi connectivity index (χ1v) is 8.36. The zero-order valence-corrected chi connectivity index (χ0v) is 15.6. The summed E-state index contributed by atoms with van der Waals surface area (Å²) < 4.78 is 0.764. The van der Waals surface area contributed by atoms with Gasteiger partial charge < -0.3 is 16.0 Å². The minimum absolute atomic E-state index is 0.0355. The molecule has 8 heteroatoms. The molecule has 1 aromatic rings. The Bertz CT molecular complexity index is 592. The summed E-state index contributed by atoms with van der Waals surface area (Å²) in [6.07, 6.45) is 0. The second-order valence-electron chi connectivity index (χ2n) is 5.70. The van der Waals surface area contributed by atoms with E-state index in [2.05, 4.69) is 31.9 Å². The van der Waals surface area contributed by atoms with Crippen molar-refractivity contribution in [2.24, 2.45) is 0 Å². The van der Waals surface area contributed by atoms with Gasteiger partial charge in [0.2, 0.25) is 17.7 Å². The van der Waals surface area contributed by atoms with Gasteiger partial charge in [-0.05, 0) is 49.0 Å². The van der Waals surface area contributed by atoms with Gasteiger partial charge in [0.05, 0.1) is 25.3 Å². The van der Waals surface area contributed by atoms with E-state index < -0.39 is 0 Å². The fraction of sp³-hybridized carbons (Fsp3) is 0.438. The van der Waals surface area contributed by atoms with Crippen LogP contribution < -0.4 is 16.0 Å². The summed E-state index contributed by atoms with van der Waals surface area (Å²) in [5, 5.41) is 7.97. The highest BCUT2D eigenvalue weighted by atomic mass is 79.9. The molecule has 0 heterocycles. The Balaban J connectivity index is 2.31. The molecule has 0 spiro atoms. The second kappa shape index (κ2) is 10.0. The highest BCUT2D eigenvalue weighted by molar-refractivity contribution is 9.10. The second-order valence-corrected chi connectivity index (χ2v) is 6.55. The predicted octanol–water partition coefficient (Wildman–Crippen LogP) is 0.960. The molecule has 0 aromatic heterocycles. The molecule has 0 saturated carbocycles. The lowest BCUT2D eigenvalue weighted by Gasteiger charge is -2.17. The average Bonchev–Trinajstić information content (AvgIpc) is 2.46. The molecule has 132 valence electrons. The maximum Gasteiger partial charge on any atom is 0.243 e. The van der Waals surface area contributed by atoms with Crippen molar-refractivity contribution in [3.63, 3.8) is 0 Å². The highest BCUT2D eigenvalue weighted by Gasteiger charge is 2.12. The smallest absolute Gasteiger partial charge is 0.243 e. The van der Waals surface area contributed by atoms with Crippen LogP contribution >= 0.6 is 15.9 Å². The Morgan fingerprint density at radius 2 is 1.71 bits per heavy atom. The molecule has 1 rings (SSSR count). The van der Waals surface area contributed by atoms with Crippen LogP contribution in [0.4, 0.5) is 5.69 Å². The van der Waals surface area contributed by atoms with Crippen LogP contribution in [0.15, 0.2) is 28.7 Å². The zero-order chi connectivity index (χ0) is 18.1. The summed E-state index contributed by atoms with van der Waals surface area (Å²) in [5.41, 5.74) is 0.638. The Kier molecular flexibility index (Phi) is 8.42. The molecule has 3 amide bonds. The van der Waals surface area contributed by atoms with Gasteiger partial charge in [-0.25, -0.2) is 0 Å². The van der Waals surface area contributed by atoms with E-state index in [9.17, 15) is 14.4 Å². The molecule has 7 nitrogen and oxygen atoms in total. The zero-order valence-electron chi connectivity index (χ0n) is 14.1. The van der Waals surface area contributed by atoms with Crippen molar-refractivity contribution in [3.8, 4) is 0 Å². The molecule has 0 unspecified atom stereocenters. The summed E-state index contributed by atoms with van der Waals surface area (Å²) in [6, 6.07) is 7.26. The van der Waals surface area contributed by atoms with Gasteiger partial charge in [-0.15, -0.1) is 0 Å². The molecular weight excluding hydrogens is 376 g/mol. The van der Waals surface area contributed by atoms with Crippen LogP contribution in [-0.4, -0.2) is 55.3 Å². The first-order chi connectivity index (χ1) is 11.3. The number of amides is 3. The number of hydrogen-bond acceptors (Lipinski definition) is 4. The average molecular weight is 399 g/mol. The van der Waals surface area contributed by atoms with Gasteiger partial charge in [0, 0.05) is 10.5 Å². The van der Waals surface area contributed by atoms with Crippen molar-refractivity contribution < 1.29 is 14.4 Å². The molecule has 0 saturated heterocycles. The molecule has 0 radical (unpaired) electrons. The van der Waals surface area contributed by atoms with Crippen LogP contribution in [0.1, 0.15) is 13.8 Å². The van der Waals surface area contributed by atoms with Crippen molar-refractivity contribution >= 4 is 39.3 Å². The number of benzene rings is 1. The monoisotopic (exact) mass is 398 g/mol. The molecule has 0 fully saturated rings. The van der Waals surface area contributed by atoms with E-state index in [0.717, 1.165) is 4.47 Å². The molecular formula is C16H23BrN4O3. The largest absolute Gasteiger partial charge is 0.353 e. The van der Waals surface area contributed by atoms with Crippen LogP contribution in [0.25, 0.3) is 0 Å². The molecule has 24 heavy (non-hydrogen) atoms. The van der Waals surface area contributed by atoms with Gasteiger partial charge in [0.1, 0.15) is 0 Å². The first-order valence-electron chi connectivity index (χ1n) is 7.57. The van der Waals surface area contributed by atoms with E-state index >= 15 is 0 Å². The molecule has 0 atom stereocenters. The maximum absolute atomic E-state index is 11.8. The minimum atomic E-state index is -0.324. The lowest BCUT2D eigenvalue weighted by atomic mass is 10.3. The lowest BCUT2D eigenvalue weighted by Crippen LogP contribution is -2.43. The SMILES string of the molecule is CC(C)NC(=O)CN(C)CC(=O)NCC(=O)Nc1ccccc1Br. The number of likely N-dealkylation sites (N-methyl/N-ethyl adjacent to an activating group) is 1. The normalized spacial score (nSPS) is 10.6. The Morgan fingerprint density at radius 3 is 2.33 bits per heavy atom. The van der Waals surface area contributed by atoms with E-state index in [0.29, 0.717) is 5.69 Å². The fourth-order valence-corrected chi connectivity index (χ4v) is 2.29. The fourth-order valence-electron chi connectivity index (χ4n) is 1.91. The third-order valence-electron chi connectivity index (χ3n) is 2.87. The number of carbonyl (C=O) groups is 3. The number of carbonyl (C=O) groups excluding carboxylic acids is 3. The topological polar surface area (TPSA) is 90.5 Å². The molecule has 1 aromatic carbocycles. The van der Waals surface area contributed by atoms with Crippen molar-refractivity contribution in [1.29, 1.82) is 0 Å². The number of nitrogens with zero attached hydrogens (tertiary/aromatic N) is 1. The molecule has 0 aliphatic heterocycles. The van der Waals surface area contributed by atoms with Crippen molar-refractivity contribution in [2.45, 2.75) is 19.9 Å². The van der Waals surface area contributed by atoms with Gasteiger partial charge in [0.15, 0.2) is 0 Å². The van der Waals surface area contributed by atoms with Crippen molar-refractivity contribution in [2.75, 3.05) is 32.0 Å². The van der Waals surface area contributed by atoms with E-state index in [1.54, 1.807) is 24.1 Å². The first kappa shape index (κ1) is 20.1. The van der Waals surface area contributed by atoms with E-state index in [1.807, 2.05) is 26.0 Å². The van der Waals surface area contributed by atoms with Crippen LogP contribution in [0, 0.1) is 0 Å². The van der Waals surface area contributed by atoms with Crippen molar-refractivity contribution in [1.82, 2.24) is 15.5 Å². The third kappa shape index (κ3) is 8.07. The van der Waals surface area contributed by atoms with Crippen molar-refractivity contribution in [3.05, 3.63) is 28.7 Å². The molecule has 0 aliphatic rings. The Morgan fingerprint density at radius 1 is 1.08 bits per heavy atom. The van der Waals surface area contributed by atoms with Gasteiger partial charge in [-0.1, -0.05) is 12.1 Å². The summed E-state index contributed by atoms with van der Waals surface area (Å²) in [5.74, 6) is -0.792. The quantitative estimate of drug-likeness (QED) is 0.608. The lowest BCUT2D eigenvalue weighted by molar-refractivity contribution is -0.126. The number of hydrogen-bond donors (Lipinski definition) is 3. The third-order valence-corrected chi connectivity index (χ3v) is 3.56. The Labute approximate surface area is 150 Å². The number of nitrogens with one attached hydrogen (secondary N) is 3. The standard InChI is InChI=1S/C16H23BrN4O3/c1-11(2)19-16(24)10-21(3)9-15(23)18-8-14(22)20-13-7-5-4-6-12(13)17/h4-7,11H,8-10H2,1-3H3,(H,18,23)(H,19,24)(H,20,22). The number of halogens is 1. The summed E-state index contributed by atoms with van der Waals surface area (Å²) in [6.45, 7) is 3.76. The maximum atomic E-state index is 11.8. The van der Waals surface area contributed by atoms with Gasteiger partial charge in [-0.2, -0.15) is 0 Å². The molecule has 0 bridgehead atoms. The Hall–Kier alpha value is -1.93. The molecule has 0 aliphatic carbocycles. The number of para-hydroxylation sites is 1. The van der Waals surface area contributed by atoms with Crippen LogP contribution in [0.5, 0.6) is 0 Å².